The molecule has 29 heavy (non-hydrogen) atoms. The van der Waals surface area contributed by atoms with Gasteiger partial charge in [-0.3, -0.25) is 9.63 Å². The first-order valence-electron chi connectivity index (χ1n) is 9.64. The molecule has 3 saturated heterocycles. The molecular formula is C17H24N5O6S-. The fraction of sp³-hybridized carbons (Fsp3) is 0.647. The van der Waals surface area contributed by atoms with E-state index in [1.807, 2.05) is 24.5 Å². The molecule has 3 unspecified atom stereocenters. The summed E-state index contributed by atoms with van der Waals surface area (Å²) in [7, 11) is 0. The third-order valence-electron chi connectivity index (χ3n) is 5.67. The van der Waals surface area contributed by atoms with Gasteiger partial charge in [-0.1, -0.05) is 0 Å². The molecule has 1 aromatic rings. The highest BCUT2D eigenvalue weighted by Crippen LogP contribution is 2.30. The second kappa shape index (κ2) is 8.79. The Morgan fingerprint density at radius 1 is 1.34 bits per heavy atom. The minimum absolute atomic E-state index is 0.149. The van der Waals surface area contributed by atoms with Crippen molar-refractivity contribution in [2.24, 2.45) is 5.92 Å². The quantitative estimate of drug-likeness (QED) is 0.424. The van der Waals surface area contributed by atoms with Crippen LogP contribution in [0.1, 0.15) is 19.3 Å². The minimum atomic E-state index is -2.83. The standard InChI is InChI=1S/C17H25N5O6S/c23-16(15-4-3-14-10-21(15)17(24)22(14)28-29(25)26)19-27-11-13-7-12(8-18-13)9-20-5-1-2-6-20/h1-2,5-6,12-15,18H,3-4,7-11H2,(H,19,23)(H,25,26)/p-1/t12-,13+,14?,15?/m1/s1. The number of fused-ring (bicyclic) bond motifs is 2. The summed E-state index contributed by atoms with van der Waals surface area (Å²) in [6, 6.07) is 2.46. The Morgan fingerprint density at radius 2 is 2.14 bits per heavy atom. The summed E-state index contributed by atoms with van der Waals surface area (Å²) in [4.78, 5) is 31.5. The molecule has 12 heteroatoms. The van der Waals surface area contributed by atoms with Crippen molar-refractivity contribution < 1.29 is 27.5 Å². The highest BCUT2D eigenvalue weighted by Gasteiger charge is 2.48. The first kappa shape index (κ1) is 20.3. The van der Waals surface area contributed by atoms with Crippen LogP contribution in [0.15, 0.2) is 24.5 Å². The lowest BCUT2D eigenvalue weighted by Gasteiger charge is -2.29. The molecule has 4 heterocycles. The molecule has 3 aliphatic heterocycles. The normalized spacial score (nSPS) is 30.0. The van der Waals surface area contributed by atoms with E-state index in [1.165, 1.54) is 4.90 Å². The maximum atomic E-state index is 12.5. The molecule has 2 bridgehead atoms. The summed E-state index contributed by atoms with van der Waals surface area (Å²) in [5.41, 5.74) is 2.44. The number of piperidine rings is 1. The van der Waals surface area contributed by atoms with E-state index < -0.39 is 29.3 Å². The maximum absolute atomic E-state index is 12.5. The highest BCUT2D eigenvalue weighted by atomic mass is 32.2. The molecular weight excluding hydrogens is 402 g/mol. The van der Waals surface area contributed by atoms with Crippen LogP contribution in [-0.4, -0.2) is 73.1 Å². The van der Waals surface area contributed by atoms with Crippen LogP contribution in [0.4, 0.5) is 4.79 Å². The Bertz CT molecular complexity index is 762. The highest BCUT2D eigenvalue weighted by molar-refractivity contribution is 7.74. The van der Waals surface area contributed by atoms with Crippen LogP contribution in [0.3, 0.4) is 0 Å². The van der Waals surface area contributed by atoms with E-state index in [9.17, 15) is 18.4 Å². The summed E-state index contributed by atoms with van der Waals surface area (Å²) in [5, 5.41) is 4.22. The lowest BCUT2D eigenvalue weighted by atomic mass is 10.0. The first-order chi connectivity index (χ1) is 14.0. The second-order valence-electron chi connectivity index (χ2n) is 7.65. The number of carbonyl (C=O) groups is 2. The summed E-state index contributed by atoms with van der Waals surface area (Å²) in [5.74, 6) is 0.0885. The number of aromatic nitrogens is 1. The third kappa shape index (κ3) is 4.61. The van der Waals surface area contributed by atoms with E-state index in [2.05, 4.69) is 19.6 Å². The fourth-order valence-corrected chi connectivity index (χ4v) is 4.62. The lowest BCUT2D eigenvalue weighted by molar-refractivity contribution is -0.139. The Labute approximate surface area is 170 Å². The van der Waals surface area contributed by atoms with Crippen LogP contribution >= 0.6 is 0 Å². The Kier molecular flexibility index (Phi) is 6.15. The topological polar surface area (TPSA) is 128 Å². The number of rotatable bonds is 8. The van der Waals surface area contributed by atoms with Crippen molar-refractivity contribution in [3.63, 3.8) is 0 Å². The molecule has 0 radical (unpaired) electrons. The zero-order chi connectivity index (χ0) is 20.4. The van der Waals surface area contributed by atoms with Crippen molar-refractivity contribution in [3.8, 4) is 0 Å². The first-order valence-corrected chi connectivity index (χ1v) is 10.6. The van der Waals surface area contributed by atoms with Crippen molar-refractivity contribution >= 4 is 23.3 Å². The monoisotopic (exact) mass is 426 g/mol. The zero-order valence-corrected chi connectivity index (χ0v) is 16.6. The van der Waals surface area contributed by atoms with E-state index in [0.717, 1.165) is 24.6 Å². The molecule has 160 valence electrons. The van der Waals surface area contributed by atoms with Crippen LogP contribution < -0.4 is 10.8 Å². The average Bonchev–Trinajstić information content (AvgIpc) is 3.41. The SMILES string of the molecule is O=C(NOC[C@@H]1C[C@@H](Cn2cccc2)CN1)C1CCC2CN1C(=O)N2OS(=O)[O-]. The van der Waals surface area contributed by atoms with Gasteiger partial charge < -0.3 is 19.3 Å². The summed E-state index contributed by atoms with van der Waals surface area (Å²) >= 11 is -2.83. The Hall–Kier alpha value is -1.99. The number of carbonyl (C=O) groups excluding carboxylic acids is 2. The lowest BCUT2D eigenvalue weighted by Crippen LogP contribution is -2.50. The third-order valence-corrected chi connectivity index (χ3v) is 5.95. The summed E-state index contributed by atoms with van der Waals surface area (Å²) < 4.78 is 28.2. The number of nitrogens with one attached hydrogen (secondary N) is 2. The smallest absolute Gasteiger partial charge is 0.346 e. The molecule has 0 saturated carbocycles. The average molecular weight is 426 g/mol. The van der Waals surface area contributed by atoms with Gasteiger partial charge in [0.2, 0.25) is 0 Å². The molecule has 5 atom stereocenters. The van der Waals surface area contributed by atoms with Gasteiger partial charge in [-0.25, -0.2) is 14.5 Å². The molecule has 0 aromatic carbocycles. The van der Waals surface area contributed by atoms with E-state index >= 15 is 0 Å². The van der Waals surface area contributed by atoms with Crippen molar-refractivity contribution in [3.05, 3.63) is 24.5 Å². The van der Waals surface area contributed by atoms with E-state index in [-0.39, 0.29) is 18.6 Å². The second-order valence-corrected chi connectivity index (χ2v) is 8.21. The summed E-state index contributed by atoms with van der Waals surface area (Å²) in [6.45, 7) is 2.42. The Balaban J connectivity index is 1.20. The van der Waals surface area contributed by atoms with Gasteiger partial charge in [0, 0.05) is 38.1 Å². The van der Waals surface area contributed by atoms with Crippen LogP contribution in [0.5, 0.6) is 0 Å². The molecule has 3 aliphatic rings. The molecule has 4 rings (SSSR count). The largest absolute Gasteiger partial charge is 0.748 e. The van der Waals surface area contributed by atoms with Crippen molar-refractivity contribution in [1.82, 2.24) is 25.3 Å². The van der Waals surface area contributed by atoms with Crippen molar-refractivity contribution in [2.45, 2.75) is 43.9 Å². The molecule has 0 aliphatic carbocycles. The Morgan fingerprint density at radius 3 is 2.90 bits per heavy atom. The van der Waals surface area contributed by atoms with Gasteiger partial charge in [0.1, 0.15) is 17.4 Å². The van der Waals surface area contributed by atoms with Crippen LogP contribution in [0.2, 0.25) is 0 Å². The molecule has 0 spiro atoms. The fourth-order valence-electron chi connectivity index (χ4n) is 4.31. The number of hydrogen-bond acceptors (Lipinski definition) is 7. The van der Waals surface area contributed by atoms with Gasteiger partial charge in [0.15, 0.2) is 0 Å². The van der Waals surface area contributed by atoms with Crippen molar-refractivity contribution in [1.29, 1.82) is 0 Å². The van der Waals surface area contributed by atoms with Gasteiger partial charge in [0.05, 0.1) is 12.6 Å². The minimum Gasteiger partial charge on any atom is -0.748 e. The number of amides is 3. The maximum Gasteiger partial charge on any atom is 0.346 e. The number of urea groups is 1. The molecule has 3 fully saturated rings. The van der Waals surface area contributed by atoms with Gasteiger partial charge in [-0.05, 0) is 37.3 Å². The zero-order valence-electron chi connectivity index (χ0n) is 15.8. The number of hydrogen-bond donors (Lipinski definition) is 2. The predicted octanol–water partition coefficient (Wildman–Crippen LogP) is -0.492. The molecule has 2 N–H and O–H groups in total. The molecule has 11 nitrogen and oxygen atoms in total. The van der Waals surface area contributed by atoms with Crippen LogP contribution in [-0.2, 0) is 31.8 Å². The van der Waals surface area contributed by atoms with E-state index in [4.69, 9.17) is 4.84 Å². The van der Waals surface area contributed by atoms with Gasteiger partial charge >= 0.3 is 6.03 Å². The van der Waals surface area contributed by atoms with Crippen LogP contribution in [0, 0.1) is 5.92 Å². The van der Waals surface area contributed by atoms with Crippen molar-refractivity contribution in [2.75, 3.05) is 19.7 Å². The van der Waals surface area contributed by atoms with Gasteiger partial charge in [-0.15, -0.1) is 0 Å². The molecule has 3 amide bonds. The van der Waals surface area contributed by atoms with Gasteiger partial charge in [0.25, 0.3) is 5.91 Å². The van der Waals surface area contributed by atoms with E-state index in [0.29, 0.717) is 25.4 Å². The van der Waals surface area contributed by atoms with Gasteiger partial charge in [-0.2, -0.15) is 9.35 Å². The van der Waals surface area contributed by atoms with Crippen LogP contribution in [0.25, 0.3) is 0 Å². The summed E-state index contributed by atoms with van der Waals surface area (Å²) in [6.07, 6.45) is 5.92. The predicted molar refractivity (Wildman–Crippen MR) is 99.2 cm³/mol. The molecule has 1 aromatic heterocycles. The number of hydroxylamine groups is 3. The number of nitrogens with zero attached hydrogens (tertiary/aromatic N) is 3. The van der Waals surface area contributed by atoms with E-state index in [1.54, 1.807) is 0 Å².